The van der Waals surface area contributed by atoms with E-state index in [4.69, 9.17) is 0 Å². The Balaban J connectivity index is 2.52. The van der Waals surface area contributed by atoms with E-state index in [9.17, 15) is 4.79 Å². The predicted molar refractivity (Wildman–Crippen MR) is 85.5 cm³/mol. The van der Waals surface area contributed by atoms with Gasteiger partial charge >= 0.3 is 0 Å². The van der Waals surface area contributed by atoms with Crippen LogP contribution in [0, 0.1) is 6.92 Å². The summed E-state index contributed by atoms with van der Waals surface area (Å²) in [5.74, 6) is 0.00880. The number of carbonyl (C=O) groups excluding carboxylic acids is 1. The zero-order valence-corrected chi connectivity index (χ0v) is 13.1. The third-order valence-electron chi connectivity index (χ3n) is 3.10. The van der Waals surface area contributed by atoms with Crippen molar-refractivity contribution in [2.75, 3.05) is 39.0 Å². The lowest BCUT2D eigenvalue weighted by atomic mass is 10.1. The second-order valence-electron chi connectivity index (χ2n) is 5.35. The van der Waals surface area contributed by atoms with Crippen LogP contribution < -0.4 is 10.6 Å². The molecule has 4 heteroatoms. The molecule has 1 rings (SSSR count). The van der Waals surface area contributed by atoms with Crippen molar-refractivity contribution in [3.05, 3.63) is 29.3 Å². The first-order valence-corrected chi connectivity index (χ1v) is 7.32. The van der Waals surface area contributed by atoms with Crippen LogP contribution in [0.25, 0.3) is 0 Å². The van der Waals surface area contributed by atoms with Gasteiger partial charge in [-0.2, -0.15) is 0 Å². The highest BCUT2D eigenvalue weighted by molar-refractivity contribution is 5.99. The molecule has 0 aliphatic rings. The molecule has 0 saturated heterocycles. The van der Waals surface area contributed by atoms with Crippen LogP contribution >= 0.6 is 0 Å². The fourth-order valence-corrected chi connectivity index (χ4v) is 2.04. The van der Waals surface area contributed by atoms with Crippen LogP contribution in [0.15, 0.2) is 18.2 Å². The molecule has 4 nitrogen and oxygen atoms in total. The Bertz CT molecular complexity index is 430. The number of hydrogen-bond donors (Lipinski definition) is 2. The summed E-state index contributed by atoms with van der Waals surface area (Å²) >= 11 is 0. The number of benzene rings is 1. The molecule has 0 saturated carbocycles. The topological polar surface area (TPSA) is 44.4 Å². The number of aryl methyl sites for hydroxylation is 1. The minimum absolute atomic E-state index is 0.00880. The Kier molecular flexibility index (Phi) is 7.09. The summed E-state index contributed by atoms with van der Waals surface area (Å²) in [5.41, 5.74) is 2.74. The van der Waals surface area contributed by atoms with Gasteiger partial charge in [0.2, 0.25) is 0 Å². The Hall–Kier alpha value is -1.55. The normalized spacial score (nSPS) is 10.7. The Labute approximate surface area is 122 Å². The summed E-state index contributed by atoms with van der Waals surface area (Å²) in [6.45, 7) is 6.63. The van der Waals surface area contributed by atoms with Gasteiger partial charge in [-0.05, 0) is 59.5 Å². The highest BCUT2D eigenvalue weighted by Gasteiger charge is 2.10. The maximum atomic E-state index is 12.2. The molecule has 1 aromatic rings. The number of nitrogens with zero attached hydrogens (tertiary/aromatic N) is 1. The minimum Gasteiger partial charge on any atom is -0.385 e. The number of rotatable bonds is 8. The standard InChI is InChI=1S/C16H27N3O/c1-5-17-15-9-8-13(2)12-14(15)16(20)18-10-6-7-11-19(3)4/h8-9,12,17H,5-7,10-11H2,1-4H3,(H,18,20). The minimum atomic E-state index is 0.00880. The molecule has 0 aliphatic heterocycles. The number of amides is 1. The van der Waals surface area contributed by atoms with Crippen molar-refractivity contribution in [3.63, 3.8) is 0 Å². The van der Waals surface area contributed by atoms with E-state index < -0.39 is 0 Å². The van der Waals surface area contributed by atoms with Gasteiger partial charge in [0.05, 0.1) is 5.56 Å². The second-order valence-corrected chi connectivity index (χ2v) is 5.35. The van der Waals surface area contributed by atoms with Gasteiger partial charge in [-0.25, -0.2) is 0 Å². The molecule has 0 radical (unpaired) electrons. The lowest BCUT2D eigenvalue weighted by Gasteiger charge is -2.13. The van der Waals surface area contributed by atoms with Gasteiger partial charge in [0.1, 0.15) is 0 Å². The Morgan fingerprint density at radius 1 is 1.25 bits per heavy atom. The van der Waals surface area contributed by atoms with Gasteiger partial charge in [0, 0.05) is 18.8 Å². The van der Waals surface area contributed by atoms with Crippen molar-refractivity contribution in [2.45, 2.75) is 26.7 Å². The first-order valence-electron chi connectivity index (χ1n) is 7.32. The third kappa shape index (κ3) is 5.61. The van der Waals surface area contributed by atoms with Gasteiger partial charge in [-0.15, -0.1) is 0 Å². The average molecular weight is 277 g/mol. The van der Waals surface area contributed by atoms with Gasteiger partial charge in [0.15, 0.2) is 0 Å². The lowest BCUT2D eigenvalue weighted by molar-refractivity contribution is 0.0953. The average Bonchev–Trinajstić information content (AvgIpc) is 2.40. The Morgan fingerprint density at radius 2 is 2.00 bits per heavy atom. The van der Waals surface area contributed by atoms with Crippen LogP contribution in [-0.4, -0.2) is 44.5 Å². The van der Waals surface area contributed by atoms with Crippen molar-refractivity contribution < 1.29 is 4.79 Å². The molecule has 0 heterocycles. The van der Waals surface area contributed by atoms with E-state index in [-0.39, 0.29) is 5.91 Å². The molecular weight excluding hydrogens is 250 g/mol. The number of unbranched alkanes of at least 4 members (excludes halogenated alkanes) is 1. The fourth-order valence-electron chi connectivity index (χ4n) is 2.04. The van der Waals surface area contributed by atoms with Crippen molar-refractivity contribution in [1.29, 1.82) is 0 Å². The Morgan fingerprint density at radius 3 is 2.65 bits per heavy atom. The van der Waals surface area contributed by atoms with E-state index in [1.807, 2.05) is 32.0 Å². The number of anilines is 1. The molecule has 0 fully saturated rings. The van der Waals surface area contributed by atoms with E-state index in [0.717, 1.165) is 49.3 Å². The summed E-state index contributed by atoms with van der Waals surface area (Å²) < 4.78 is 0. The lowest BCUT2D eigenvalue weighted by Crippen LogP contribution is -2.26. The molecule has 1 aromatic carbocycles. The van der Waals surface area contributed by atoms with Crippen molar-refractivity contribution in [1.82, 2.24) is 10.2 Å². The van der Waals surface area contributed by atoms with Crippen LogP contribution in [0.5, 0.6) is 0 Å². The highest BCUT2D eigenvalue weighted by atomic mass is 16.1. The van der Waals surface area contributed by atoms with E-state index >= 15 is 0 Å². The molecule has 1 amide bonds. The van der Waals surface area contributed by atoms with Gasteiger partial charge in [-0.3, -0.25) is 4.79 Å². The van der Waals surface area contributed by atoms with Crippen LogP contribution in [0.3, 0.4) is 0 Å². The van der Waals surface area contributed by atoms with E-state index in [2.05, 4.69) is 29.6 Å². The fraction of sp³-hybridized carbons (Fsp3) is 0.562. The quantitative estimate of drug-likeness (QED) is 0.718. The maximum Gasteiger partial charge on any atom is 0.253 e. The first kappa shape index (κ1) is 16.5. The van der Waals surface area contributed by atoms with Gasteiger partial charge in [-0.1, -0.05) is 11.6 Å². The molecule has 0 aromatic heterocycles. The molecule has 0 aliphatic carbocycles. The molecule has 2 N–H and O–H groups in total. The highest BCUT2D eigenvalue weighted by Crippen LogP contribution is 2.17. The third-order valence-corrected chi connectivity index (χ3v) is 3.10. The molecule has 0 unspecified atom stereocenters. The van der Waals surface area contributed by atoms with Crippen LogP contribution in [-0.2, 0) is 0 Å². The summed E-state index contributed by atoms with van der Waals surface area (Å²) in [4.78, 5) is 14.4. The van der Waals surface area contributed by atoms with Crippen LogP contribution in [0.1, 0.15) is 35.7 Å². The largest absolute Gasteiger partial charge is 0.385 e. The van der Waals surface area contributed by atoms with Crippen molar-refractivity contribution >= 4 is 11.6 Å². The zero-order chi connectivity index (χ0) is 15.0. The summed E-state index contributed by atoms with van der Waals surface area (Å²) in [6.07, 6.45) is 2.10. The molecule has 0 atom stereocenters. The van der Waals surface area contributed by atoms with Crippen molar-refractivity contribution in [3.8, 4) is 0 Å². The van der Waals surface area contributed by atoms with E-state index in [1.54, 1.807) is 0 Å². The predicted octanol–water partition coefficient (Wildman–Crippen LogP) is 2.50. The van der Waals surface area contributed by atoms with Crippen molar-refractivity contribution in [2.24, 2.45) is 0 Å². The van der Waals surface area contributed by atoms with Gasteiger partial charge in [0.25, 0.3) is 5.91 Å². The molecule has 20 heavy (non-hydrogen) atoms. The van der Waals surface area contributed by atoms with Crippen LogP contribution in [0.4, 0.5) is 5.69 Å². The van der Waals surface area contributed by atoms with Crippen LogP contribution in [0.2, 0.25) is 0 Å². The second kappa shape index (κ2) is 8.59. The molecule has 112 valence electrons. The molecular formula is C16H27N3O. The zero-order valence-electron chi connectivity index (χ0n) is 13.1. The van der Waals surface area contributed by atoms with Gasteiger partial charge < -0.3 is 15.5 Å². The number of carbonyl (C=O) groups is 1. The monoisotopic (exact) mass is 277 g/mol. The first-order chi connectivity index (χ1) is 9.54. The smallest absolute Gasteiger partial charge is 0.253 e. The summed E-state index contributed by atoms with van der Waals surface area (Å²) in [7, 11) is 4.13. The molecule has 0 bridgehead atoms. The SMILES string of the molecule is CCNc1ccc(C)cc1C(=O)NCCCCN(C)C. The number of hydrogen-bond acceptors (Lipinski definition) is 3. The number of nitrogens with one attached hydrogen (secondary N) is 2. The summed E-state index contributed by atoms with van der Waals surface area (Å²) in [6, 6.07) is 5.93. The summed E-state index contributed by atoms with van der Waals surface area (Å²) in [5, 5.41) is 6.23. The van der Waals surface area contributed by atoms with E-state index in [0.29, 0.717) is 0 Å². The molecule has 0 spiro atoms. The van der Waals surface area contributed by atoms with E-state index in [1.165, 1.54) is 0 Å². The maximum absolute atomic E-state index is 12.2.